The number of pyridine rings is 1. The van der Waals surface area contributed by atoms with Gasteiger partial charge in [0.1, 0.15) is 5.82 Å². The smallest absolute Gasteiger partial charge is 0.258 e. The van der Waals surface area contributed by atoms with Crippen molar-refractivity contribution in [1.29, 1.82) is 0 Å². The fourth-order valence-electron chi connectivity index (χ4n) is 1.91. The van der Waals surface area contributed by atoms with Gasteiger partial charge in [-0.1, -0.05) is 6.92 Å². The Balaban J connectivity index is 2.29. The molecule has 134 valence electrons. The number of anilines is 1. The largest absolute Gasteiger partial charge is 0.320 e. The Kier molecular flexibility index (Phi) is 5.81. The van der Waals surface area contributed by atoms with Gasteiger partial charge in [-0.3, -0.25) is 4.79 Å². The lowest BCUT2D eigenvalue weighted by Crippen LogP contribution is -2.32. The second kappa shape index (κ2) is 7.66. The monoisotopic (exact) mass is 369 g/mol. The third-order valence-electron chi connectivity index (χ3n) is 3.45. The van der Waals surface area contributed by atoms with Crippen LogP contribution in [-0.4, -0.2) is 25.4 Å². The van der Waals surface area contributed by atoms with Crippen molar-refractivity contribution in [2.24, 2.45) is 0 Å². The van der Waals surface area contributed by atoms with E-state index in [1.165, 1.54) is 6.07 Å². The lowest BCUT2D eigenvalue weighted by atomic mass is 10.2. The highest BCUT2D eigenvalue weighted by molar-refractivity contribution is 7.89. The number of halogens is 2. The second-order valence-electron chi connectivity index (χ2n) is 5.40. The van der Waals surface area contributed by atoms with Crippen molar-refractivity contribution >= 4 is 21.6 Å². The maximum absolute atomic E-state index is 14.0. The molecule has 0 fully saturated rings. The number of sulfonamides is 1. The first-order valence-electron chi connectivity index (χ1n) is 7.47. The molecule has 0 aliphatic heterocycles. The molecule has 9 heteroatoms. The maximum atomic E-state index is 14.0. The number of aromatic nitrogens is 1. The minimum absolute atomic E-state index is 0.150. The quantitative estimate of drug-likeness (QED) is 0.767. The van der Waals surface area contributed by atoms with Crippen LogP contribution in [0.1, 0.15) is 30.6 Å². The summed E-state index contributed by atoms with van der Waals surface area (Å²) in [6.45, 7) is 3.50. The maximum Gasteiger partial charge on any atom is 0.258 e. The predicted octanol–water partition coefficient (Wildman–Crippen LogP) is 2.69. The van der Waals surface area contributed by atoms with Crippen molar-refractivity contribution in [1.82, 2.24) is 9.71 Å². The molecular formula is C16H17F2N3O3S. The first kappa shape index (κ1) is 18.9. The summed E-state index contributed by atoms with van der Waals surface area (Å²) >= 11 is 0. The van der Waals surface area contributed by atoms with Gasteiger partial charge < -0.3 is 5.32 Å². The van der Waals surface area contributed by atoms with Gasteiger partial charge >= 0.3 is 0 Å². The highest BCUT2D eigenvalue weighted by Gasteiger charge is 2.21. The van der Waals surface area contributed by atoms with Gasteiger partial charge in [0.05, 0.1) is 22.3 Å². The molecule has 25 heavy (non-hydrogen) atoms. The number of carbonyl (C=O) groups is 1. The SMILES string of the molecule is CC[C@@H](C)NS(=O)(=O)c1ccc(F)c(C(=O)Nc2ccc(F)nc2)c1. The molecule has 1 amide bonds. The Hall–Kier alpha value is -2.39. The molecule has 0 saturated heterocycles. The zero-order valence-corrected chi connectivity index (χ0v) is 14.4. The fraction of sp³-hybridized carbons (Fsp3) is 0.250. The third-order valence-corrected chi connectivity index (χ3v) is 5.03. The van der Waals surface area contributed by atoms with E-state index in [9.17, 15) is 22.0 Å². The van der Waals surface area contributed by atoms with E-state index in [2.05, 4.69) is 15.0 Å². The summed E-state index contributed by atoms with van der Waals surface area (Å²) in [4.78, 5) is 15.3. The summed E-state index contributed by atoms with van der Waals surface area (Å²) in [5, 5.41) is 2.33. The van der Waals surface area contributed by atoms with Crippen LogP contribution < -0.4 is 10.0 Å². The van der Waals surface area contributed by atoms with Gasteiger partial charge in [-0.25, -0.2) is 22.5 Å². The molecule has 1 atom stereocenters. The Morgan fingerprint density at radius 2 is 1.96 bits per heavy atom. The van der Waals surface area contributed by atoms with Gasteiger partial charge in [0.2, 0.25) is 16.0 Å². The van der Waals surface area contributed by atoms with Gasteiger partial charge in [-0.2, -0.15) is 4.39 Å². The average Bonchev–Trinajstić information content (AvgIpc) is 2.56. The van der Waals surface area contributed by atoms with Gasteiger partial charge in [-0.05, 0) is 43.7 Å². The van der Waals surface area contributed by atoms with Gasteiger partial charge in [0, 0.05) is 6.04 Å². The molecule has 0 unspecified atom stereocenters. The Labute approximate surface area is 144 Å². The Bertz CT molecular complexity index is 871. The highest BCUT2D eigenvalue weighted by atomic mass is 32.2. The molecule has 0 saturated carbocycles. The van der Waals surface area contributed by atoms with E-state index in [1.54, 1.807) is 6.92 Å². The molecule has 1 heterocycles. The van der Waals surface area contributed by atoms with Crippen molar-refractivity contribution < 1.29 is 22.0 Å². The summed E-state index contributed by atoms with van der Waals surface area (Å²) in [5.74, 6) is -2.48. The topological polar surface area (TPSA) is 88.2 Å². The van der Waals surface area contributed by atoms with Crippen molar-refractivity contribution in [3.63, 3.8) is 0 Å². The van der Waals surface area contributed by atoms with Gasteiger partial charge in [0.15, 0.2) is 0 Å². The molecule has 0 spiro atoms. The third kappa shape index (κ3) is 4.80. The summed E-state index contributed by atoms with van der Waals surface area (Å²) in [6.07, 6.45) is 1.64. The van der Waals surface area contributed by atoms with Gasteiger partial charge in [-0.15, -0.1) is 0 Å². The zero-order chi connectivity index (χ0) is 18.6. The van der Waals surface area contributed by atoms with E-state index in [1.807, 2.05) is 6.92 Å². The number of amides is 1. The van der Waals surface area contributed by atoms with Crippen LogP contribution in [0.2, 0.25) is 0 Å². The van der Waals surface area contributed by atoms with Crippen molar-refractivity contribution in [3.8, 4) is 0 Å². The molecule has 1 aromatic heterocycles. The first-order chi connectivity index (χ1) is 11.7. The minimum atomic E-state index is -3.88. The summed E-state index contributed by atoms with van der Waals surface area (Å²) < 4.78 is 53.7. The highest BCUT2D eigenvalue weighted by Crippen LogP contribution is 2.17. The number of carbonyl (C=O) groups excluding carboxylic acids is 1. The number of rotatable bonds is 6. The summed E-state index contributed by atoms with van der Waals surface area (Å²) in [6, 6.07) is 4.91. The molecule has 1 aromatic carbocycles. The Morgan fingerprint density at radius 3 is 2.56 bits per heavy atom. The molecule has 0 radical (unpaired) electrons. The van der Waals surface area contributed by atoms with Crippen LogP contribution in [0.15, 0.2) is 41.4 Å². The molecule has 0 aliphatic rings. The van der Waals surface area contributed by atoms with Crippen LogP contribution in [-0.2, 0) is 10.0 Å². The van der Waals surface area contributed by atoms with Crippen LogP contribution in [0.25, 0.3) is 0 Å². The number of nitrogens with zero attached hydrogens (tertiary/aromatic N) is 1. The van der Waals surface area contributed by atoms with E-state index in [-0.39, 0.29) is 16.6 Å². The number of nitrogens with one attached hydrogen (secondary N) is 2. The van der Waals surface area contributed by atoms with Crippen LogP contribution in [0.5, 0.6) is 0 Å². The van der Waals surface area contributed by atoms with Crippen molar-refractivity contribution in [2.45, 2.75) is 31.2 Å². The van der Waals surface area contributed by atoms with Crippen LogP contribution in [0, 0.1) is 11.8 Å². The predicted molar refractivity (Wildman–Crippen MR) is 88.6 cm³/mol. The Morgan fingerprint density at radius 1 is 1.24 bits per heavy atom. The molecule has 2 rings (SSSR count). The average molecular weight is 369 g/mol. The lowest BCUT2D eigenvalue weighted by Gasteiger charge is -2.13. The first-order valence-corrected chi connectivity index (χ1v) is 8.96. The molecular weight excluding hydrogens is 352 g/mol. The van der Waals surface area contributed by atoms with E-state index >= 15 is 0 Å². The van der Waals surface area contributed by atoms with E-state index in [0.717, 1.165) is 30.5 Å². The summed E-state index contributed by atoms with van der Waals surface area (Å²) in [5.41, 5.74) is -0.298. The van der Waals surface area contributed by atoms with Crippen molar-refractivity contribution in [2.75, 3.05) is 5.32 Å². The standard InChI is InChI=1S/C16H17F2N3O3S/c1-3-10(2)21-25(23,24)12-5-6-14(17)13(8-12)16(22)20-11-4-7-15(18)19-9-11/h4-10,21H,3H2,1-2H3,(H,20,22)/t10-/m1/s1. The number of hydrogen-bond donors (Lipinski definition) is 2. The van der Waals surface area contributed by atoms with E-state index in [0.29, 0.717) is 6.42 Å². The summed E-state index contributed by atoms with van der Waals surface area (Å²) in [7, 11) is -3.88. The van der Waals surface area contributed by atoms with E-state index < -0.39 is 33.3 Å². The lowest BCUT2D eigenvalue weighted by molar-refractivity contribution is 0.102. The normalized spacial score (nSPS) is 12.6. The molecule has 2 N–H and O–H groups in total. The van der Waals surface area contributed by atoms with Crippen LogP contribution in [0.3, 0.4) is 0 Å². The minimum Gasteiger partial charge on any atom is -0.320 e. The van der Waals surface area contributed by atoms with Crippen LogP contribution >= 0.6 is 0 Å². The number of benzene rings is 1. The van der Waals surface area contributed by atoms with Gasteiger partial charge in [0.25, 0.3) is 5.91 Å². The molecule has 0 bridgehead atoms. The zero-order valence-electron chi connectivity index (χ0n) is 13.6. The molecule has 2 aromatic rings. The van der Waals surface area contributed by atoms with Crippen molar-refractivity contribution in [3.05, 3.63) is 53.9 Å². The number of hydrogen-bond acceptors (Lipinski definition) is 4. The fourth-order valence-corrected chi connectivity index (χ4v) is 3.26. The van der Waals surface area contributed by atoms with Crippen LogP contribution in [0.4, 0.5) is 14.5 Å². The molecule has 0 aliphatic carbocycles. The molecule has 6 nitrogen and oxygen atoms in total. The van der Waals surface area contributed by atoms with E-state index in [4.69, 9.17) is 0 Å². The second-order valence-corrected chi connectivity index (χ2v) is 7.11.